The molecule has 6 heteroatoms. The summed E-state index contributed by atoms with van der Waals surface area (Å²) in [6.07, 6.45) is 1.68. The lowest BCUT2D eigenvalue weighted by Gasteiger charge is -2.02. The number of carbonyl (C=O) groups excluding carboxylic acids is 1. The van der Waals surface area contributed by atoms with E-state index in [1.807, 2.05) is 6.07 Å². The Balaban J connectivity index is 2.13. The quantitative estimate of drug-likeness (QED) is 0.897. The molecular formula is C12H15ClN4O. The number of halogens is 1. The topological polar surface area (TPSA) is 62.7 Å². The molecule has 0 atom stereocenters. The second-order valence-electron chi connectivity index (χ2n) is 4.47. The first kappa shape index (κ1) is 12.7. The predicted molar refractivity (Wildman–Crippen MR) is 71.1 cm³/mol. The zero-order chi connectivity index (χ0) is 13.3. The average Bonchev–Trinajstić information content (AvgIpc) is 2.85. The van der Waals surface area contributed by atoms with E-state index in [4.69, 9.17) is 11.6 Å². The second-order valence-corrected chi connectivity index (χ2v) is 4.91. The minimum absolute atomic E-state index is 0.230. The zero-order valence-corrected chi connectivity index (χ0v) is 11.2. The van der Waals surface area contributed by atoms with Crippen molar-refractivity contribution < 1.29 is 4.79 Å². The van der Waals surface area contributed by atoms with E-state index in [0.29, 0.717) is 22.5 Å². The highest BCUT2D eigenvalue weighted by Gasteiger charge is 2.13. The third-order valence-corrected chi connectivity index (χ3v) is 2.87. The number of nitrogens with zero attached hydrogens (tertiary/aromatic N) is 2. The van der Waals surface area contributed by atoms with Crippen molar-refractivity contribution in [3.05, 3.63) is 34.7 Å². The van der Waals surface area contributed by atoms with Crippen LogP contribution in [-0.4, -0.2) is 20.7 Å². The summed E-state index contributed by atoms with van der Waals surface area (Å²) in [5.74, 6) is 0.625. The first-order chi connectivity index (χ1) is 8.47. The number of amides is 1. The van der Waals surface area contributed by atoms with E-state index in [1.165, 1.54) is 0 Å². The fourth-order valence-electron chi connectivity index (χ4n) is 1.63. The van der Waals surface area contributed by atoms with Crippen LogP contribution in [0.1, 0.15) is 35.9 Å². The number of anilines is 1. The molecule has 0 bridgehead atoms. The zero-order valence-electron chi connectivity index (χ0n) is 10.5. The van der Waals surface area contributed by atoms with Crippen LogP contribution in [0.3, 0.4) is 0 Å². The van der Waals surface area contributed by atoms with Gasteiger partial charge in [0.25, 0.3) is 5.91 Å². The number of hydrogen-bond acceptors (Lipinski definition) is 2. The average molecular weight is 267 g/mol. The van der Waals surface area contributed by atoms with E-state index in [1.54, 1.807) is 23.9 Å². The molecular weight excluding hydrogens is 252 g/mol. The smallest absolute Gasteiger partial charge is 0.273 e. The third kappa shape index (κ3) is 2.56. The van der Waals surface area contributed by atoms with Gasteiger partial charge < -0.3 is 9.88 Å². The number of H-pyrrole nitrogens is 1. The van der Waals surface area contributed by atoms with Crippen LogP contribution >= 0.6 is 11.6 Å². The van der Waals surface area contributed by atoms with Gasteiger partial charge in [0.15, 0.2) is 5.82 Å². The molecule has 0 radical (unpaired) electrons. The van der Waals surface area contributed by atoms with Crippen molar-refractivity contribution in [3.8, 4) is 0 Å². The summed E-state index contributed by atoms with van der Waals surface area (Å²) >= 11 is 5.84. The first-order valence-electron chi connectivity index (χ1n) is 5.66. The van der Waals surface area contributed by atoms with Gasteiger partial charge in [0.05, 0.1) is 5.02 Å². The van der Waals surface area contributed by atoms with E-state index < -0.39 is 0 Å². The van der Waals surface area contributed by atoms with Crippen LogP contribution in [0.25, 0.3) is 0 Å². The summed E-state index contributed by atoms with van der Waals surface area (Å²) in [6, 6.07) is 3.44. The first-order valence-corrected chi connectivity index (χ1v) is 6.03. The normalized spacial score (nSPS) is 10.9. The van der Waals surface area contributed by atoms with Crippen LogP contribution < -0.4 is 5.32 Å². The molecule has 0 aromatic carbocycles. The molecule has 0 spiro atoms. The number of hydrogen-bond donors (Lipinski definition) is 2. The van der Waals surface area contributed by atoms with E-state index in [0.717, 1.165) is 5.69 Å². The molecule has 2 aromatic rings. The summed E-state index contributed by atoms with van der Waals surface area (Å²) in [6.45, 7) is 4.10. The molecule has 2 N–H and O–H groups in total. The van der Waals surface area contributed by atoms with Crippen LogP contribution in [0.5, 0.6) is 0 Å². The van der Waals surface area contributed by atoms with Crippen LogP contribution in [0, 0.1) is 0 Å². The van der Waals surface area contributed by atoms with Gasteiger partial charge in [-0.1, -0.05) is 25.4 Å². The fourth-order valence-corrected chi connectivity index (χ4v) is 1.88. The highest BCUT2D eigenvalue weighted by Crippen LogP contribution is 2.17. The van der Waals surface area contributed by atoms with Gasteiger partial charge in [0.1, 0.15) is 5.69 Å². The Bertz CT molecular complexity index is 570. The summed E-state index contributed by atoms with van der Waals surface area (Å²) in [7, 11) is 1.77. The number of nitrogens with one attached hydrogen (secondary N) is 2. The van der Waals surface area contributed by atoms with Gasteiger partial charge in [-0.3, -0.25) is 9.89 Å². The van der Waals surface area contributed by atoms with Gasteiger partial charge in [-0.2, -0.15) is 5.10 Å². The maximum absolute atomic E-state index is 12.0. The lowest BCUT2D eigenvalue weighted by Crippen LogP contribution is -2.15. The van der Waals surface area contributed by atoms with Crippen LogP contribution in [-0.2, 0) is 7.05 Å². The molecule has 2 rings (SSSR count). The molecule has 0 saturated carbocycles. The summed E-state index contributed by atoms with van der Waals surface area (Å²) < 4.78 is 1.67. The second kappa shape index (κ2) is 4.86. The number of aryl methyl sites for hydroxylation is 1. The lowest BCUT2D eigenvalue weighted by atomic mass is 10.1. The predicted octanol–water partition coefficient (Wildman–Crippen LogP) is 2.78. The molecule has 0 unspecified atom stereocenters. The van der Waals surface area contributed by atoms with E-state index in [9.17, 15) is 4.79 Å². The molecule has 0 saturated heterocycles. The van der Waals surface area contributed by atoms with Gasteiger partial charge >= 0.3 is 0 Å². The molecule has 96 valence electrons. The van der Waals surface area contributed by atoms with Crippen LogP contribution in [0.2, 0.25) is 5.02 Å². The van der Waals surface area contributed by atoms with Crippen molar-refractivity contribution in [3.63, 3.8) is 0 Å². The Morgan fingerprint density at radius 3 is 2.72 bits per heavy atom. The minimum atomic E-state index is -0.230. The van der Waals surface area contributed by atoms with Gasteiger partial charge in [0, 0.05) is 25.0 Å². The van der Waals surface area contributed by atoms with Crippen molar-refractivity contribution in [2.24, 2.45) is 7.05 Å². The molecule has 5 nitrogen and oxygen atoms in total. The van der Waals surface area contributed by atoms with Gasteiger partial charge in [-0.25, -0.2) is 0 Å². The standard InChI is InChI=1S/C12H15ClN4O/c1-7(2)9-5-11(16-15-9)14-12(18)10-4-8(13)6-17(10)3/h4-7H,1-3H3,(H2,14,15,16,18). The van der Waals surface area contributed by atoms with Crippen molar-refractivity contribution in [1.82, 2.24) is 14.8 Å². The molecule has 0 aliphatic rings. The number of rotatable bonds is 3. The molecule has 0 fully saturated rings. The highest BCUT2D eigenvalue weighted by molar-refractivity contribution is 6.31. The Morgan fingerprint density at radius 2 is 2.22 bits per heavy atom. The third-order valence-electron chi connectivity index (χ3n) is 2.67. The van der Waals surface area contributed by atoms with Crippen molar-refractivity contribution in [1.29, 1.82) is 0 Å². The monoisotopic (exact) mass is 266 g/mol. The Morgan fingerprint density at radius 1 is 1.50 bits per heavy atom. The van der Waals surface area contributed by atoms with Crippen molar-refractivity contribution >= 4 is 23.3 Å². The van der Waals surface area contributed by atoms with Crippen molar-refractivity contribution in [2.45, 2.75) is 19.8 Å². The van der Waals surface area contributed by atoms with Gasteiger partial charge in [-0.05, 0) is 12.0 Å². The molecule has 18 heavy (non-hydrogen) atoms. The minimum Gasteiger partial charge on any atom is -0.345 e. The molecule has 0 aliphatic carbocycles. The Labute approximate surface area is 110 Å². The maximum atomic E-state index is 12.0. The highest BCUT2D eigenvalue weighted by atomic mass is 35.5. The number of aromatic nitrogens is 3. The van der Waals surface area contributed by atoms with Crippen molar-refractivity contribution in [2.75, 3.05) is 5.32 Å². The lowest BCUT2D eigenvalue weighted by molar-refractivity contribution is 0.101. The molecule has 2 aromatic heterocycles. The van der Waals surface area contributed by atoms with Gasteiger partial charge in [0.2, 0.25) is 0 Å². The fraction of sp³-hybridized carbons (Fsp3) is 0.333. The number of carbonyl (C=O) groups is 1. The Hall–Kier alpha value is -1.75. The van der Waals surface area contributed by atoms with E-state index in [-0.39, 0.29) is 5.91 Å². The van der Waals surface area contributed by atoms with Crippen LogP contribution in [0.15, 0.2) is 18.3 Å². The summed E-state index contributed by atoms with van der Waals surface area (Å²) in [4.78, 5) is 12.0. The van der Waals surface area contributed by atoms with E-state index >= 15 is 0 Å². The molecule has 2 heterocycles. The molecule has 1 amide bonds. The SMILES string of the molecule is CC(C)c1cc(NC(=O)c2cc(Cl)cn2C)n[nH]1. The molecule has 0 aliphatic heterocycles. The number of aromatic amines is 1. The largest absolute Gasteiger partial charge is 0.345 e. The summed E-state index contributed by atoms with van der Waals surface area (Å²) in [5.41, 5.74) is 1.48. The van der Waals surface area contributed by atoms with Crippen LogP contribution in [0.4, 0.5) is 5.82 Å². The van der Waals surface area contributed by atoms with E-state index in [2.05, 4.69) is 29.4 Å². The Kier molecular flexibility index (Phi) is 3.43. The summed E-state index contributed by atoms with van der Waals surface area (Å²) in [5, 5.41) is 10.2. The maximum Gasteiger partial charge on any atom is 0.273 e. The van der Waals surface area contributed by atoms with Gasteiger partial charge in [-0.15, -0.1) is 0 Å².